The van der Waals surface area contributed by atoms with Gasteiger partial charge >= 0.3 is 0 Å². The minimum Gasteiger partial charge on any atom is -0.495 e. The van der Waals surface area contributed by atoms with Crippen LogP contribution in [-0.2, 0) is 10.0 Å². The van der Waals surface area contributed by atoms with Crippen molar-refractivity contribution < 1.29 is 13.2 Å². The maximum absolute atomic E-state index is 12.6. The Labute approximate surface area is 159 Å². The first-order valence-corrected chi connectivity index (χ1v) is 9.89. The molecule has 7 nitrogen and oxygen atoms in total. The largest absolute Gasteiger partial charge is 0.495 e. The number of sulfonamides is 1. The van der Waals surface area contributed by atoms with Gasteiger partial charge in [-0.15, -0.1) is 0 Å². The first kappa shape index (κ1) is 20.3. The number of nitrogens with zero attached hydrogens (tertiary/aromatic N) is 2. The van der Waals surface area contributed by atoms with E-state index in [2.05, 4.69) is 19.9 Å². The lowest BCUT2D eigenvalue weighted by Gasteiger charge is -2.12. The summed E-state index contributed by atoms with van der Waals surface area (Å²) in [5.74, 6) is 0.423. The molecule has 0 bridgehead atoms. The van der Waals surface area contributed by atoms with Gasteiger partial charge in [-0.2, -0.15) is 0 Å². The van der Waals surface area contributed by atoms with Gasteiger partial charge < -0.3 is 15.0 Å². The number of nitrogens with one attached hydrogen (secondary N) is 2. The SMILES string of the molecule is COc1ccc(Cl)cc1S(=O)(=O)Nc1ccc(NCCCN(C)C)cn1. The Morgan fingerprint density at radius 1 is 1.23 bits per heavy atom. The Kier molecular flexibility index (Phi) is 7.07. The van der Waals surface area contributed by atoms with Crippen molar-refractivity contribution in [3.05, 3.63) is 41.6 Å². The summed E-state index contributed by atoms with van der Waals surface area (Å²) in [4.78, 5) is 6.22. The average Bonchev–Trinajstić information content (AvgIpc) is 2.59. The quantitative estimate of drug-likeness (QED) is 0.632. The summed E-state index contributed by atoms with van der Waals surface area (Å²) in [6.45, 7) is 1.80. The third-order valence-corrected chi connectivity index (χ3v) is 5.14. The van der Waals surface area contributed by atoms with Crippen molar-refractivity contribution in [1.82, 2.24) is 9.88 Å². The van der Waals surface area contributed by atoms with Crippen LogP contribution in [0.4, 0.5) is 11.5 Å². The molecule has 2 rings (SSSR count). The zero-order valence-electron chi connectivity index (χ0n) is 15.0. The third kappa shape index (κ3) is 5.76. The van der Waals surface area contributed by atoms with Gasteiger partial charge in [-0.3, -0.25) is 4.72 Å². The highest BCUT2D eigenvalue weighted by Gasteiger charge is 2.20. The lowest BCUT2D eigenvalue weighted by atomic mass is 10.3. The number of hydrogen-bond acceptors (Lipinski definition) is 6. The topological polar surface area (TPSA) is 83.6 Å². The van der Waals surface area contributed by atoms with E-state index in [1.807, 2.05) is 14.1 Å². The summed E-state index contributed by atoms with van der Waals surface area (Å²) in [5, 5.41) is 3.55. The molecule has 0 atom stereocenters. The van der Waals surface area contributed by atoms with Crippen LogP contribution in [0.3, 0.4) is 0 Å². The molecule has 142 valence electrons. The zero-order chi connectivity index (χ0) is 19.2. The number of pyridine rings is 1. The predicted octanol–water partition coefficient (Wildman–Crippen LogP) is 2.91. The normalized spacial score (nSPS) is 11.4. The van der Waals surface area contributed by atoms with Crippen LogP contribution in [-0.4, -0.2) is 52.6 Å². The molecular formula is C17H23ClN4O3S. The van der Waals surface area contributed by atoms with Crippen molar-refractivity contribution in [2.75, 3.05) is 44.3 Å². The highest BCUT2D eigenvalue weighted by Crippen LogP contribution is 2.28. The van der Waals surface area contributed by atoms with Crippen LogP contribution in [0.5, 0.6) is 5.75 Å². The van der Waals surface area contributed by atoms with Gasteiger partial charge in [0.25, 0.3) is 10.0 Å². The minimum absolute atomic E-state index is 0.0415. The minimum atomic E-state index is -3.87. The highest BCUT2D eigenvalue weighted by molar-refractivity contribution is 7.92. The van der Waals surface area contributed by atoms with Gasteiger partial charge in [-0.25, -0.2) is 13.4 Å². The molecule has 9 heteroatoms. The molecule has 0 saturated heterocycles. The molecule has 26 heavy (non-hydrogen) atoms. The lowest BCUT2D eigenvalue weighted by molar-refractivity contribution is 0.403. The van der Waals surface area contributed by atoms with Gasteiger partial charge in [0.05, 0.1) is 19.0 Å². The maximum atomic E-state index is 12.6. The van der Waals surface area contributed by atoms with Crippen molar-refractivity contribution in [1.29, 1.82) is 0 Å². The highest BCUT2D eigenvalue weighted by atomic mass is 35.5. The van der Waals surface area contributed by atoms with Crippen LogP contribution in [0.15, 0.2) is 41.4 Å². The molecule has 1 heterocycles. The van der Waals surface area contributed by atoms with Crippen LogP contribution in [0, 0.1) is 0 Å². The summed E-state index contributed by atoms with van der Waals surface area (Å²) in [6, 6.07) is 7.78. The lowest BCUT2D eigenvalue weighted by Crippen LogP contribution is -2.16. The van der Waals surface area contributed by atoms with E-state index in [-0.39, 0.29) is 16.5 Å². The van der Waals surface area contributed by atoms with E-state index in [9.17, 15) is 8.42 Å². The van der Waals surface area contributed by atoms with E-state index >= 15 is 0 Å². The molecule has 2 aromatic rings. The Hall–Kier alpha value is -2.03. The van der Waals surface area contributed by atoms with Gasteiger partial charge in [0.15, 0.2) is 0 Å². The Balaban J connectivity index is 2.05. The van der Waals surface area contributed by atoms with Crippen LogP contribution in [0.1, 0.15) is 6.42 Å². The molecule has 0 spiro atoms. The molecule has 0 aliphatic carbocycles. The van der Waals surface area contributed by atoms with Crippen LogP contribution >= 0.6 is 11.6 Å². The molecular weight excluding hydrogens is 376 g/mol. The molecule has 0 saturated carbocycles. The van der Waals surface area contributed by atoms with Crippen molar-refractivity contribution in [2.45, 2.75) is 11.3 Å². The van der Waals surface area contributed by atoms with E-state index in [1.54, 1.807) is 24.4 Å². The summed E-state index contributed by atoms with van der Waals surface area (Å²) < 4.78 is 32.7. The van der Waals surface area contributed by atoms with Gasteiger partial charge in [0.1, 0.15) is 16.5 Å². The molecule has 1 aromatic heterocycles. The number of methoxy groups -OCH3 is 1. The van der Waals surface area contributed by atoms with Gasteiger partial charge in [-0.05, 0) is 57.4 Å². The van der Waals surface area contributed by atoms with Crippen molar-refractivity contribution >= 4 is 33.1 Å². The van der Waals surface area contributed by atoms with E-state index in [1.165, 1.54) is 19.2 Å². The van der Waals surface area contributed by atoms with Crippen molar-refractivity contribution in [3.63, 3.8) is 0 Å². The molecule has 0 fully saturated rings. The molecule has 1 aromatic carbocycles. The summed E-state index contributed by atoms with van der Waals surface area (Å²) >= 11 is 5.91. The van der Waals surface area contributed by atoms with Crippen LogP contribution < -0.4 is 14.8 Å². The fourth-order valence-corrected chi connectivity index (χ4v) is 3.68. The first-order valence-electron chi connectivity index (χ1n) is 8.03. The third-order valence-electron chi connectivity index (χ3n) is 3.53. The smallest absolute Gasteiger partial charge is 0.266 e. The van der Waals surface area contributed by atoms with E-state index < -0.39 is 10.0 Å². The second-order valence-electron chi connectivity index (χ2n) is 5.92. The fourth-order valence-electron chi connectivity index (χ4n) is 2.24. The second kappa shape index (κ2) is 9.07. The van der Waals surface area contributed by atoms with Crippen LogP contribution in [0.2, 0.25) is 5.02 Å². The standard InChI is InChI=1S/C17H23ClN4O3S/c1-22(2)10-4-9-19-14-6-8-17(20-12-14)21-26(23,24)16-11-13(18)5-7-15(16)25-3/h5-8,11-12,19H,4,9-10H2,1-3H3,(H,20,21). The van der Waals surface area contributed by atoms with Gasteiger partial charge in [-0.1, -0.05) is 11.6 Å². The predicted molar refractivity (Wildman–Crippen MR) is 105 cm³/mol. The number of hydrogen-bond donors (Lipinski definition) is 2. The number of ether oxygens (including phenoxy) is 1. The van der Waals surface area contributed by atoms with Crippen LogP contribution in [0.25, 0.3) is 0 Å². The molecule has 0 aliphatic rings. The monoisotopic (exact) mass is 398 g/mol. The summed E-state index contributed by atoms with van der Waals surface area (Å²) in [6.07, 6.45) is 2.58. The first-order chi connectivity index (χ1) is 12.3. The maximum Gasteiger partial charge on any atom is 0.266 e. The summed E-state index contributed by atoms with van der Waals surface area (Å²) in [5.41, 5.74) is 0.826. The number of benzene rings is 1. The zero-order valence-corrected chi connectivity index (χ0v) is 16.6. The number of rotatable bonds is 9. The van der Waals surface area contributed by atoms with Crippen molar-refractivity contribution in [2.24, 2.45) is 0 Å². The van der Waals surface area contributed by atoms with E-state index in [0.29, 0.717) is 5.02 Å². The van der Waals surface area contributed by atoms with Crippen molar-refractivity contribution in [3.8, 4) is 5.75 Å². The molecule has 0 unspecified atom stereocenters. The average molecular weight is 399 g/mol. The number of anilines is 2. The number of halogens is 1. The Bertz CT molecular complexity index is 826. The molecule has 0 amide bonds. The Morgan fingerprint density at radius 3 is 2.62 bits per heavy atom. The summed E-state index contributed by atoms with van der Waals surface area (Å²) in [7, 11) is 1.58. The van der Waals surface area contributed by atoms with E-state index in [0.717, 1.165) is 25.2 Å². The molecule has 2 N–H and O–H groups in total. The molecule has 0 radical (unpaired) electrons. The van der Waals surface area contributed by atoms with Gasteiger partial charge in [0.2, 0.25) is 0 Å². The second-order valence-corrected chi connectivity index (χ2v) is 8.00. The van der Waals surface area contributed by atoms with E-state index in [4.69, 9.17) is 16.3 Å². The fraction of sp³-hybridized carbons (Fsp3) is 0.353. The van der Waals surface area contributed by atoms with Gasteiger partial charge in [0, 0.05) is 11.6 Å². The molecule has 0 aliphatic heterocycles. The number of aromatic nitrogens is 1. The Morgan fingerprint density at radius 2 is 2.00 bits per heavy atom.